The summed E-state index contributed by atoms with van der Waals surface area (Å²) in [5, 5.41) is 12.0. The molecule has 2 N–H and O–H groups in total. The van der Waals surface area contributed by atoms with Crippen molar-refractivity contribution in [2.45, 2.75) is 7.43 Å². The maximum atomic E-state index is 6.00. The van der Waals surface area contributed by atoms with Gasteiger partial charge in [-0.15, -0.1) is 0 Å². The molecule has 0 fully saturated rings. The van der Waals surface area contributed by atoms with Crippen molar-refractivity contribution >= 4 is 0 Å². The third kappa shape index (κ3) is 26.2. The monoisotopic (exact) mass is 106 g/mol. The van der Waals surface area contributed by atoms with Crippen molar-refractivity contribution in [3.8, 4) is 0 Å². The minimum absolute atomic E-state index is 0. The zero-order valence-corrected chi connectivity index (χ0v) is 2.35. The van der Waals surface area contributed by atoms with Crippen molar-refractivity contribution in [2.75, 3.05) is 0 Å². The summed E-state index contributed by atoms with van der Waals surface area (Å²) >= 11 is 0. The topological polar surface area (TPSA) is 40.5 Å². The molecule has 0 aliphatic heterocycles. The summed E-state index contributed by atoms with van der Waals surface area (Å²) in [6, 6.07) is 0. The molecule has 3 heteroatoms. The second-order valence-electron chi connectivity index (χ2n) is 0. The van der Waals surface area contributed by atoms with Gasteiger partial charge in [0.15, 0.2) is 0 Å². The minimum atomic E-state index is 0. The van der Waals surface area contributed by atoms with E-state index in [0.29, 0.717) is 0 Å². The van der Waals surface area contributed by atoms with Gasteiger partial charge in [-0.05, 0) is 0 Å². The Morgan fingerprint density at radius 2 is 1.00 bits per heavy atom. The van der Waals surface area contributed by atoms with Crippen molar-refractivity contribution in [3.63, 3.8) is 0 Å². The predicted molar refractivity (Wildman–Crippen MR) is 12.0 cm³/mol. The smallest absolute Gasteiger partial charge is 0 e. The molecule has 4 heavy (non-hydrogen) atoms. The van der Waals surface area contributed by atoms with Crippen molar-refractivity contribution in [1.82, 2.24) is 0 Å². The number of rotatable bonds is 0. The molecule has 0 saturated heterocycles. The Kier molecular flexibility index (Phi) is 672. The molecular formula is CH6FeO2. The first-order chi connectivity index (χ1) is 1.00. The van der Waals surface area contributed by atoms with Gasteiger partial charge in [0.05, 0.1) is 0 Å². The van der Waals surface area contributed by atoms with E-state index in [1.165, 1.54) is 0 Å². The standard InChI is InChI=1S/CH4.Fe.H2O2/c;;1-2/h1H4;;1-2H. The Labute approximate surface area is 35.9 Å². The molecule has 0 spiro atoms. The van der Waals surface area contributed by atoms with Crippen LogP contribution in [0.1, 0.15) is 7.43 Å². The van der Waals surface area contributed by atoms with E-state index in [0.717, 1.165) is 0 Å². The second-order valence-corrected chi connectivity index (χ2v) is 0. The first kappa shape index (κ1) is 25.3. The van der Waals surface area contributed by atoms with E-state index in [2.05, 4.69) is 0 Å². The van der Waals surface area contributed by atoms with E-state index >= 15 is 0 Å². The van der Waals surface area contributed by atoms with E-state index in [-0.39, 0.29) is 24.5 Å². The van der Waals surface area contributed by atoms with E-state index in [1.54, 1.807) is 0 Å². The quantitative estimate of drug-likeness (QED) is 0.270. The summed E-state index contributed by atoms with van der Waals surface area (Å²) in [5.74, 6) is 0. The maximum absolute atomic E-state index is 6.00. The Hall–Kier alpha value is 0.439. The fourth-order valence-electron chi connectivity index (χ4n) is 0. The molecule has 0 aromatic heterocycles. The summed E-state index contributed by atoms with van der Waals surface area (Å²) in [7, 11) is 0. The zero-order chi connectivity index (χ0) is 2.00. The van der Waals surface area contributed by atoms with Crippen molar-refractivity contribution in [1.29, 1.82) is 0 Å². The minimum Gasteiger partial charge on any atom is -0.255 e. The molecule has 0 aromatic rings. The van der Waals surface area contributed by atoms with Crippen LogP contribution >= 0.6 is 0 Å². The predicted octanol–water partition coefficient (Wildman–Crippen LogP) is 0.651. The Morgan fingerprint density at radius 3 is 1.00 bits per heavy atom. The molecule has 2 nitrogen and oxygen atoms in total. The molecule has 0 radical (unpaired) electrons. The third-order valence-electron chi connectivity index (χ3n) is 0. The second kappa shape index (κ2) is 106. The number of hydrogen-bond donors (Lipinski definition) is 2. The average Bonchev–Trinajstić information content (AvgIpc) is 1.00. The molecule has 0 rings (SSSR count). The van der Waals surface area contributed by atoms with Crippen LogP contribution in [0.15, 0.2) is 0 Å². The van der Waals surface area contributed by atoms with Crippen molar-refractivity contribution < 1.29 is 27.6 Å². The zero-order valence-electron chi connectivity index (χ0n) is 1.25. The number of hydrogen-bond acceptors (Lipinski definition) is 2. The molecule has 0 saturated carbocycles. The van der Waals surface area contributed by atoms with Gasteiger partial charge in [-0.2, -0.15) is 0 Å². The molecule has 0 heterocycles. The van der Waals surface area contributed by atoms with Crippen molar-refractivity contribution in [3.05, 3.63) is 0 Å². The summed E-state index contributed by atoms with van der Waals surface area (Å²) in [5.41, 5.74) is 0. The van der Waals surface area contributed by atoms with Gasteiger partial charge in [-0.1, -0.05) is 7.43 Å². The van der Waals surface area contributed by atoms with Crippen LogP contribution in [0, 0.1) is 0 Å². The summed E-state index contributed by atoms with van der Waals surface area (Å²) < 4.78 is 0. The van der Waals surface area contributed by atoms with Crippen LogP contribution < -0.4 is 0 Å². The van der Waals surface area contributed by atoms with Crippen LogP contribution in [-0.2, 0) is 17.1 Å². The van der Waals surface area contributed by atoms with E-state index in [9.17, 15) is 0 Å². The Morgan fingerprint density at radius 1 is 1.00 bits per heavy atom. The van der Waals surface area contributed by atoms with Gasteiger partial charge in [-0.25, -0.2) is 0 Å². The first-order valence-corrected chi connectivity index (χ1v) is 0.200. The first-order valence-electron chi connectivity index (χ1n) is 0.200. The van der Waals surface area contributed by atoms with Crippen molar-refractivity contribution in [2.24, 2.45) is 0 Å². The van der Waals surface area contributed by atoms with E-state index < -0.39 is 0 Å². The van der Waals surface area contributed by atoms with Gasteiger partial charge < -0.3 is 0 Å². The molecule has 0 unspecified atom stereocenters. The van der Waals surface area contributed by atoms with Crippen LogP contribution in [0.5, 0.6) is 0 Å². The maximum Gasteiger partial charge on any atom is 0 e. The van der Waals surface area contributed by atoms with Gasteiger partial charge >= 0.3 is 0 Å². The Bertz CT molecular complexity index is 6.00. The van der Waals surface area contributed by atoms with E-state index in [1.807, 2.05) is 0 Å². The fraction of sp³-hybridized carbons (Fsp3) is 1.00. The van der Waals surface area contributed by atoms with Gasteiger partial charge in [0.1, 0.15) is 0 Å². The van der Waals surface area contributed by atoms with Gasteiger partial charge in [0.2, 0.25) is 0 Å². The average molecular weight is 106 g/mol. The normalized spacial score (nSPS) is 1.50. The van der Waals surface area contributed by atoms with Crippen LogP contribution in [0.4, 0.5) is 0 Å². The van der Waals surface area contributed by atoms with Gasteiger partial charge in [0.25, 0.3) is 0 Å². The third-order valence-corrected chi connectivity index (χ3v) is 0. The van der Waals surface area contributed by atoms with Crippen LogP contribution in [0.2, 0.25) is 0 Å². The fourth-order valence-corrected chi connectivity index (χ4v) is 0. The molecule has 0 aliphatic rings. The largest absolute Gasteiger partial charge is 0.255 e. The Balaban J connectivity index is -0.00000000500. The van der Waals surface area contributed by atoms with Crippen LogP contribution in [0.3, 0.4) is 0 Å². The summed E-state index contributed by atoms with van der Waals surface area (Å²) in [6.45, 7) is 0. The molecular weight excluding hydrogens is 99.9 g/mol. The molecule has 30 valence electrons. The molecule has 0 atom stereocenters. The molecule has 0 amide bonds. The van der Waals surface area contributed by atoms with E-state index in [4.69, 9.17) is 10.5 Å². The summed E-state index contributed by atoms with van der Waals surface area (Å²) in [6.07, 6.45) is 0. The summed E-state index contributed by atoms with van der Waals surface area (Å²) in [4.78, 5) is 0. The van der Waals surface area contributed by atoms with Gasteiger partial charge in [0, 0.05) is 17.1 Å². The SMILES string of the molecule is C.OO.[Fe]. The van der Waals surface area contributed by atoms with Crippen LogP contribution in [0.25, 0.3) is 0 Å². The van der Waals surface area contributed by atoms with Crippen LogP contribution in [-0.4, -0.2) is 10.5 Å². The van der Waals surface area contributed by atoms with Gasteiger partial charge in [-0.3, -0.25) is 10.5 Å². The molecule has 0 aromatic carbocycles. The molecule has 0 aliphatic carbocycles. The molecule has 0 bridgehead atoms.